The van der Waals surface area contributed by atoms with Crippen LogP contribution in [-0.2, 0) is 9.53 Å². The summed E-state index contributed by atoms with van der Waals surface area (Å²) in [6.07, 6.45) is 0.718. The second-order valence-electron chi connectivity index (χ2n) is 4.14. The molecule has 106 valence electrons. The van der Waals surface area contributed by atoms with Crippen LogP contribution in [0.1, 0.15) is 12.0 Å². The van der Waals surface area contributed by atoms with E-state index in [1.807, 2.05) is 31.2 Å². The van der Waals surface area contributed by atoms with Gasteiger partial charge >= 0.3 is 0 Å². The highest BCUT2D eigenvalue weighted by molar-refractivity contribution is 5.77. The van der Waals surface area contributed by atoms with Crippen LogP contribution in [0.4, 0.5) is 0 Å². The summed E-state index contributed by atoms with van der Waals surface area (Å²) in [5.41, 5.74) is 1.10. The predicted octanol–water partition coefficient (Wildman–Crippen LogP) is 0.889. The smallest absolute Gasteiger partial charge is 0.257 e. The molecule has 0 spiro atoms. The lowest BCUT2D eigenvalue weighted by Crippen LogP contribution is -2.30. The van der Waals surface area contributed by atoms with E-state index in [0.717, 1.165) is 12.0 Å². The van der Waals surface area contributed by atoms with Crippen molar-refractivity contribution in [3.63, 3.8) is 0 Å². The van der Waals surface area contributed by atoms with E-state index in [4.69, 9.17) is 14.6 Å². The van der Waals surface area contributed by atoms with Crippen LogP contribution < -0.4 is 10.1 Å². The van der Waals surface area contributed by atoms with Crippen LogP contribution >= 0.6 is 0 Å². The average Bonchev–Trinajstić information content (AvgIpc) is 2.40. The van der Waals surface area contributed by atoms with E-state index in [1.54, 1.807) is 0 Å². The molecular formula is C14H21NO4. The molecule has 0 saturated heterocycles. The molecule has 0 aromatic heterocycles. The average molecular weight is 267 g/mol. The molecule has 0 aliphatic rings. The molecule has 2 N–H and O–H groups in total. The van der Waals surface area contributed by atoms with Gasteiger partial charge in [-0.25, -0.2) is 0 Å². The monoisotopic (exact) mass is 267 g/mol. The summed E-state index contributed by atoms with van der Waals surface area (Å²) in [4.78, 5) is 11.5. The molecule has 1 amide bonds. The highest BCUT2D eigenvalue weighted by Crippen LogP contribution is 2.11. The Balaban J connectivity index is 2.08. The van der Waals surface area contributed by atoms with Gasteiger partial charge in [-0.05, 0) is 31.0 Å². The van der Waals surface area contributed by atoms with Crippen LogP contribution in [0.25, 0.3) is 0 Å². The Hall–Kier alpha value is -1.59. The summed E-state index contributed by atoms with van der Waals surface area (Å²) >= 11 is 0. The van der Waals surface area contributed by atoms with Gasteiger partial charge in [-0.1, -0.05) is 12.1 Å². The van der Waals surface area contributed by atoms with E-state index < -0.39 is 0 Å². The van der Waals surface area contributed by atoms with Crippen molar-refractivity contribution in [2.45, 2.75) is 13.3 Å². The van der Waals surface area contributed by atoms with Gasteiger partial charge in [-0.15, -0.1) is 0 Å². The first kappa shape index (κ1) is 15.5. The number of amides is 1. The lowest BCUT2D eigenvalue weighted by atomic mass is 10.2. The fourth-order valence-corrected chi connectivity index (χ4v) is 1.47. The van der Waals surface area contributed by atoms with Crippen LogP contribution in [0.2, 0.25) is 0 Å². The molecule has 0 unspecified atom stereocenters. The normalized spacial score (nSPS) is 10.2. The lowest BCUT2D eigenvalue weighted by Gasteiger charge is -2.08. The van der Waals surface area contributed by atoms with Crippen LogP contribution in [0.3, 0.4) is 0 Å². The molecular weight excluding hydrogens is 246 g/mol. The van der Waals surface area contributed by atoms with Crippen molar-refractivity contribution >= 4 is 5.91 Å². The number of ether oxygens (including phenoxy) is 2. The summed E-state index contributed by atoms with van der Waals surface area (Å²) in [5, 5.41) is 11.2. The Morgan fingerprint density at radius 3 is 2.95 bits per heavy atom. The molecule has 5 nitrogen and oxygen atoms in total. The van der Waals surface area contributed by atoms with Crippen LogP contribution in [0.5, 0.6) is 5.75 Å². The van der Waals surface area contributed by atoms with Crippen molar-refractivity contribution in [2.24, 2.45) is 0 Å². The second kappa shape index (κ2) is 9.35. The quantitative estimate of drug-likeness (QED) is 0.652. The lowest BCUT2D eigenvalue weighted by molar-refractivity contribution is -0.123. The first-order valence-electron chi connectivity index (χ1n) is 6.37. The van der Waals surface area contributed by atoms with Gasteiger partial charge in [0.2, 0.25) is 0 Å². The van der Waals surface area contributed by atoms with E-state index >= 15 is 0 Å². The highest BCUT2D eigenvalue weighted by Gasteiger charge is 2.02. The number of aryl methyl sites for hydroxylation is 1. The van der Waals surface area contributed by atoms with E-state index in [0.29, 0.717) is 25.5 Å². The molecule has 0 heterocycles. The Kier molecular flexibility index (Phi) is 7.62. The number of hydrogen-bond donors (Lipinski definition) is 2. The van der Waals surface area contributed by atoms with E-state index in [2.05, 4.69) is 5.32 Å². The van der Waals surface area contributed by atoms with Gasteiger partial charge in [0.05, 0.1) is 13.2 Å². The van der Waals surface area contributed by atoms with Gasteiger partial charge < -0.3 is 19.9 Å². The maximum absolute atomic E-state index is 11.5. The van der Waals surface area contributed by atoms with Gasteiger partial charge in [-0.3, -0.25) is 4.79 Å². The van der Waals surface area contributed by atoms with Gasteiger partial charge in [0, 0.05) is 13.2 Å². The van der Waals surface area contributed by atoms with Crippen molar-refractivity contribution in [2.75, 3.05) is 33.0 Å². The highest BCUT2D eigenvalue weighted by atomic mass is 16.5. The zero-order valence-corrected chi connectivity index (χ0v) is 11.2. The summed E-state index contributed by atoms with van der Waals surface area (Å²) in [5.74, 6) is 0.546. The van der Waals surface area contributed by atoms with E-state index in [1.165, 1.54) is 0 Å². The number of hydrogen-bond acceptors (Lipinski definition) is 4. The summed E-state index contributed by atoms with van der Waals surface area (Å²) < 4.78 is 10.4. The first-order chi connectivity index (χ1) is 9.22. The van der Waals surface area contributed by atoms with Crippen molar-refractivity contribution < 1.29 is 19.4 Å². The van der Waals surface area contributed by atoms with Crippen molar-refractivity contribution in [1.82, 2.24) is 5.32 Å². The summed E-state index contributed by atoms with van der Waals surface area (Å²) in [6, 6.07) is 7.57. The molecule has 1 aromatic carbocycles. The van der Waals surface area contributed by atoms with Crippen molar-refractivity contribution in [3.8, 4) is 5.75 Å². The molecule has 0 atom stereocenters. The number of aliphatic hydroxyl groups is 1. The van der Waals surface area contributed by atoms with Crippen LogP contribution in [-0.4, -0.2) is 44.0 Å². The molecule has 1 rings (SSSR count). The Bertz CT molecular complexity index is 381. The topological polar surface area (TPSA) is 67.8 Å². The van der Waals surface area contributed by atoms with Crippen molar-refractivity contribution in [3.05, 3.63) is 29.8 Å². The molecule has 5 heteroatoms. The number of nitrogens with one attached hydrogen (secondary N) is 1. The standard InChI is InChI=1S/C14H21NO4/c1-12-4-2-5-13(10-12)19-11-14(17)15-6-3-8-18-9-7-16/h2,4-5,10,16H,3,6-9,11H2,1H3,(H,15,17). The number of benzene rings is 1. The molecule has 0 aliphatic heterocycles. The number of carbonyl (C=O) groups is 1. The number of carbonyl (C=O) groups excluding carboxylic acids is 1. The van der Waals surface area contributed by atoms with E-state index in [-0.39, 0.29) is 19.1 Å². The Labute approximate surface area is 113 Å². The second-order valence-corrected chi connectivity index (χ2v) is 4.14. The fraction of sp³-hybridized carbons (Fsp3) is 0.500. The molecule has 19 heavy (non-hydrogen) atoms. The van der Waals surface area contributed by atoms with Gasteiger partial charge in [-0.2, -0.15) is 0 Å². The molecule has 0 radical (unpaired) electrons. The third-order valence-electron chi connectivity index (χ3n) is 2.38. The zero-order valence-electron chi connectivity index (χ0n) is 11.2. The largest absolute Gasteiger partial charge is 0.484 e. The fourth-order valence-electron chi connectivity index (χ4n) is 1.47. The molecule has 0 fully saturated rings. The van der Waals surface area contributed by atoms with Crippen LogP contribution in [0.15, 0.2) is 24.3 Å². The van der Waals surface area contributed by atoms with Gasteiger partial charge in [0.25, 0.3) is 5.91 Å². The minimum absolute atomic E-state index is 0.0148. The number of rotatable bonds is 9. The third kappa shape index (κ3) is 7.43. The van der Waals surface area contributed by atoms with Crippen LogP contribution in [0, 0.1) is 6.92 Å². The minimum Gasteiger partial charge on any atom is -0.484 e. The maximum atomic E-state index is 11.5. The minimum atomic E-state index is -0.149. The van der Waals surface area contributed by atoms with Crippen molar-refractivity contribution in [1.29, 1.82) is 0 Å². The third-order valence-corrected chi connectivity index (χ3v) is 2.38. The molecule has 0 saturated carbocycles. The molecule has 0 aliphatic carbocycles. The van der Waals surface area contributed by atoms with E-state index in [9.17, 15) is 4.79 Å². The summed E-state index contributed by atoms with van der Waals surface area (Å²) in [7, 11) is 0. The molecule has 1 aromatic rings. The predicted molar refractivity (Wildman–Crippen MR) is 72.2 cm³/mol. The Morgan fingerprint density at radius 2 is 2.21 bits per heavy atom. The van der Waals surface area contributed by atoms with Gasteiger partial charge in [0.1, 0.15) is 5.75 Å². The number of aliphatic hydroxyl groups excluding tert-OH is 1. The first-order valence-corrected chi connectivity index (χ1v) is 6.37. The summed E-state index contributed by atoms with van der Waals surface area (Å²) in [6.45, 7) is 3.42. The maximum Gasteiger partial charge on any atom is 0.257 e. The SMILES string of the molecule is Cc1cccc(OCC(=O)NCCCOCCO)c1. The zero-order chi connectivity index (χ0) is 13.9. The van der Waals surface area contributed by atoms with Gasteiger partial charge in [0.15, 0.2) is 6.61 Å². The molecule has 0 bridgehead atoms. The Morgan fingerprint density at radius 1 is 1.37 bits per heavy atom.